The average Bonchev–Trinajstić information content (AvgIpc) is 3.44. The number of halogens is 1. The van der Waals surface area contributed by atoms with Crippen LogP contribution < -0.4 is 9.46 Å². The van der Waals surface area contributed by atoms with Gasteiger partial charge in [-0.25, -0.2) is 22.3 Å². The van der Waals surface area contributed by atoms with E-state index >= 15 is 4.39 Å². The van der Waals surface area contributed by atoms with E-state index in [4.69, 9.17) is 14.6 Å². The summed E-state index contributed by atoms with van der Waals surface area (Å²) < 4.78 is 56.3. The number of nitrogens with one attached hydrogen (secondary N) is 1. The van der Waals surface area contributed by atoms with Crippen LogP contribution in [0.4, 0.5) is 14.9 Å². The summed E-state index contributed by atoms with van der Waals surface area (Å²) in [5.74, 6) is -0.107. The molecule has 4 aromatic rings. The van der Waals surface area contributed by atoms with Crippen molar-refractivity contribution < 1.29 is 27.1 Å². The van der Waals surface area contributed by atoms with Crippen molar-refractivity contribution in [1.29, 1.82) is 0 Å². The second-order valence-corrected chi connectivity index (χ2v) is 13.8. The highest BCUT2D eigenvalue weighted by Gasteiger charge is 2.28. The third-order valence-electron chi connectivity index (χ3n) is 7.19. The topological polar surface area (TPSA) is 116 Å². The molecule has 5 rings (SSSR count). The van der Waals surface area contributed by atoms with Crippen LogP contribution in [0.1, 0.15) is 47.0 Å². The molecule has 10 nitrogen and oxygen atoms in total. The molecular formula is C33H38FN5O5S. The molecule has 2 aromatic carbocycles. The fourth-order valence-corrected chi connectivity index (χ4v) is 6.22. The monoisotopic (exact) mass is 635 g/mol. The van der Waals surface area contributed by atoms with E-state index in [-0.39, 0.29) is 29.2 Å². The lowest BCUT2D eigenvalue weighted by Crippen LogP contribution is -2.44. The molecule has 0 unspecified atom stereocenters. The minimum absolute atomic E-state index is 0.0332. The number of hydrogen-bond acceptors (Lipinski definition) is 7. The zero-order chi connectivity index (χ0) is 32.2. The molecule has 0 aliphatic carbocycles. The Morgan fingerprint density at radius 3 is 2.36 bits per heavy atom. The number of pyridine rings is 1. The summed E-state index contributed by atoms with van der Waals surface area (Å²) in [4.78, 5) is 18.2. The molecule has 12 heteroatoms. The fourth-order valence-electron chi connectivity index (χ4n) is 5.08. The van der Waals surface area contributed by atoms with Gasteiger partial charge in [0.2, 0.25) is 10.0 Å². The number of aromatic nitrogens is 3. The van der Waals surface area contributed by atoms with E-state index in [1.54, 1.807) is 59.4 Å². The first-order valence-electron chi connectivity index (χ1n) is 15.0. The van der Waals surface area contributed by atoms with Crippen molar-refractivity contribution in [1.82, 2.24) is 19.7 Å². The molecule has 1 N–H and O–H groups in total. The number of rotatable bonds is 9. The highest BCUT2D eigenvalue weighted by molar-refractivity contribution is 7.92. The van der Waals surface area contributed by atoms with Crippen molar-refractivity contribution in [2.24, 2.45) is 0 Å². The number of anilines is 1. The third-order valence-corrected chi connectivity index (χ3v) is 8.67. The second-order valence-electron chi connectivity index (χ2n) is 11.9. The van der Waals surface area contributed by atoms with Crippen LogP contribution in [0.3, 0.4) is 0 Å². The number of piperidine rings is 1. The number of sulfonamides is 1. The Kier molecular flexibility index (Phi) is 9.42. The minimum Gasteiger partial charge on any atom is -0.490 e. The first-order valence-corrected chi connectivity index (χ1v) is 16.6. The number of nitrogens with zero attached hydrogens (tertiary/aromatic N) is 4. The lowest BCUT2D eigenvalue weighted by Gasteiger charge is -2.33. The molecule has 0 saturated carbocycles. The number of carbonyl (C=O) groups is 1. The largest absolute Gasteiger partial charge is 0.490 e. The molecule has 1 aliphatic heterocycles. The van der Waals surface area contributed by atoms with E-state index in [0.717, 1.165) is 11.3 Å². The van der Waals surface area contributed by atoms with Crippen LogP contribution in [0.2, 0.25) is 0 Å². The van der Waals surface area contributed by atoms with Crippen molar-refractivity contribution in [3.63, 3.8) is 0 Å². The molecule has 3 heterocycles. The standard InChI is InChI=1S/C33H38FN5O5S/c1-5-21-45(41,42)37-29-8-6-7-27(30(29)34)28-22-39(36-31(28)23-13-17-35-18-14-23)24-9-11-25(12-10-24)43-26-15-19-38(20-16-26)32(40)44-33(2,3)4/h6-14,17-18,22,26,37H,5,15-16,19-21H2,1-4H3. The Morgan fingerprint density at radius 1 is 1.02 bits per heavy atom. The average molecular weight is 636 g/mol. The van der Waals surface area contributed by atoms with Gasteiger partial charge in [-0.05, 0) is 69.7 Å². The van der Waals surface area contributed by atoms with Crippen molar-refractivity contribution in [3.8, 4) is 33.8 Å². The number of benzene rings is 2. The fraction of sp³-hybridized carbons (Fsp3) is 0.364. The van der Waals surface area contributed by atoms with Crippen molar-refractivity contribution >= 4 is 21.8 Å². The van der Waals surface area contributed by atoms with Gasteiger partial charge in [-0.3, -0.25) is 9.71 Å². The van der Waals surface area contributed by atoms with Crippen LogP contribution >= 0.6 is 0 Å². The maximum absolute atomic E-state index is 15.8. The number of ether oxygens (including phenoxy) is 2. The van der Waals surface area contributed by atoms with Crippen LogP contribution in [0.5, 0.6) is 5.75 Å². The summed E-state index contributed by atoms with van der Waals surface area (Å²) in [5.41, 5.74) is 2.02. The summed E-state index contributed by atoms with van der Waals surface area (Å²) in [7, 11) is -3.69. The number of amides is 1. The Bertz CT molecular complexity index is 1730. The minimum atomic E-state index is -3.69. The molecule has 1 amide bonds. The summed E-state index contributed by atoms with van der Waals surface area (Å²) in [5, 5.41) is 4.79. The van der Waals surface area contributed by atoms with Gasteiger partial charge in [0.1, 0.15) is 23.1 Å². The van der Waals surface area contributed by atoms with Gasteiger partial charge >= 0.3 is 6.09 Å². The maximum Gasteiger partial charge on any atom is 0.410 e. The molecular weight excluding hydrogens is 597 g/mol. The summed E-state index contributed by atoms with van der Waals surface area (Å²) in [6.07, 6.45) is 6.44. The van der Waals surface area contributed by atoms with E-state index in [2.05, 4.69) is 9.71 Å². The van der Waals surface area contributed by atoms with Crippen LogP contribution in [0.25, 0.3) is 28.1 Å². The number of hydrogen-bond donors (Lipinski definition) is 1. The van der Waals surface area contributed by atoms with Gasteiger partial charge in [0.15, 0.2) is 5.82 Å². The normalized spacial score (nSPS) is 14.3. The van der Waals surface area contributed by atoms with Crippen LogP contribution in [-0.2, 0) is 14.8 Å². The Morgan fingerprint density at radius 2 is 1.71 bits per heavy atom. The second kappa shape index (κ2) is 13.3. The Hall–Kier alpha value is -4.45. The Labute approximate surface area is 263 Å². The van der Waals surface area contributed by atoms with Gasteiger partial charge in [0.25, 0.3) is 0 Å². The summed E-state index contributed by atoms with van der Waals surface area (Å²) in [6, 6.07) is 15.6. The van der Waals surface area contributed by atoms with E-state index in [1.165, 1.54) is 6.07 Å². The first-order chi connectivity index (χ1) is 21.4. The zero-order valence-electron chi connectivity index (χ0n) is 25.9. The first kappa shape index (κ1) is 32.0. The lowest BCUT2D eigenvalue weighted by atomic mass is 10.0. The molecule has 238 valence electrons. The van der Waals surface area contributed by atoms with Gasteiger partial charge in [-0.15, -0.1) is 0 Å². The Balaban J connectivity index is 1.36. The summed E-state index contributed by atoms with van der Waals surface area (Å²) in [6.45, 7) is 8.42. The van der Waals surface area contributed by atoms with E-state index in [1.807, 2.05) is 45.0 Å². The smallest absolute Gasteiger partial charge is 0.410 e. The van der Waals surface area contributed by atoms with Crippen LogP contribution in [0, 0.1) is 5.82 Å². The van der Waals surface area contributed by atoms with Gasteiger partial charge in [-0.2, -0.15) is 5.10 Å². The van der Waals surface area contributed by atoms with E-state index < -0.39 is 21.4 Å². The molecule has 0 radical (unpaired) electrons. The molecule has 45 heavy (non-hydrogen) atoms. The zero-order valence-corrected chi connectivity index (χ0v) is 26.7. The van der Waals surface area contributed by atoms with Crippen LogP contribution in [0.15, 0.2) is 73.2 Å². The summed E-state index contributed by atoms with van der Waals surface area (Å²) >= 11 is 0. The van der Waals surface area contributed by atoms with Crippen LogP contribution in [-0.4, -0.2) is 64.7 Å². The number of carbonyl (C=O) groups excluding carboxylic acids is 1. The highest BCUT2D eigenvalue weighted by Crippen LogP contribution is 2.36. The highest BCUT2D eigenvalue weighted by atomic mass is 32.2. The third kappa shape index (κ3) is 7.99. The molecule has 1 fully saturated rings. The maximum atomic E-state index is 15.8. The SMILES string of the molecule is CCCS(=O)(=O)Nc1cccc(-c2cn(-c3ccc(OC4CCN(C(=O)OC(C)(C)C)CC4)cc3)nc2-c2ccncc2)c1F. The van der Waals surface area contributed by atoms with E-state index in [0.29, 0.717) is 49.4 Å². The van der Waals surface area contributed by atoms with Crippen molar-refractivity contribution in [3.05, 3.63) is 79.0 Å². The van der Waals surface area contributed by atoms with Gasteiger partial charge < -0.3 is 14.4 Å². The predicted octanol–water partition coefficient (Wildman–Crippen LogP) is 6.67. The predicted molar refractivity (Wildman–Crippen MR) is 171 cm³/mol. The lowest BCUT2D eigenvalue weighted by molar-refractivity contribution is 0.0126. The molecule has 1 saturated heterocycles. The molecule has 0 atom stereocenters. The molecule has 1 aliphatic rings. The molecule has 0 spiro atoms. The molecule has 2 aromatic heterocycles. The van der Waals surface area contributed by atoms with E-state index in [9.17, 15) is 13.2 Å². The molecule has 0 bridgehead atoms. The van der Waals surface area contributed by atoms with Crippen molar-refractivity contribution in [2.45, 2.75) is 58.7 Å². The van der Waals surface area contributed by atoms with Gasteiger partial charge in [0, 0.05) is 61.2 Å². The van der Waals surface area contributed by atoms with Gasteiger partial charge in [0.05, 0.1) is 17.1 Å². The quantitative estimate of drug-likeness (QED) is 0.218. The van der Waals surface area contributed by atoms with Gasteiger partial charge in [-0.1, -0.05) is 19.1 Å². The number of likely N-dealkylation sites (tertiary alicyclic amines) is 1. The van der Waals surface area contributed by atoms with Crippen molar-refractivity contribution in [2.75, 3.05) is 23.6 Å².